The van der Waals surface area contributed by atoms with Crippen molar-refractivity contribution in [1.82, 2.24) is 5.32 Å². The Morgan fingerprint density at radius 2 is 1.82 bits per heavy atom. The van der Waals surface area contributed by atoms with Crippen molar-refractivity contribution < 1.29 is 27.8 Å². The Kier molecular flexibility index (Phi) is 8.74. The molecule has 0 saturated carbocycles. The van der Waals surface area contributed by atoms with E-state index in [9.17, 15) is 18.4 Å². The average molecular weight is 409 g/mol. The topological polar surface area (TPSA) is 64.6 Å². The molecule has 8 heteroatoms. The predicted molar refractivity (Wildman–Crippen MR) is 102 cm³/mol. The third kappa shape index (κ3) is 7.56. The van der Waals surface area contributed by atoms with Crippen molar-refractivity contribution in [2.75, 3.05) is 26.0 Å². The monoisotopic (exact) mass is 409 g/mol. The maximum atomic E-state index is 13.1. The third-order valence-corrected chi connectivity index (χ3v) is 4.72. The van der Waals surface area contributed by atoms with Crippen LogP contribution in [0.2, 0.25) is 0 Å². The van der Waals surface area contributed by atoms with E-state index in [-0.39, 0.29) is 18.9 Å². The fraction of sp³-hybridized carbons (Fsp3) is 0.300. The van der Waals surface area contributed by atoms with Gasteiger partial charge in [-0.15, -0.1) is 11.8 Å². The number of carbonyl (C=O) groups excluding carboxylic acids is 2. The summed E-state index contributed by atoms with van der Waals surface area (Å²) in [5, 5.41) is 2.68. The van der Waals surface area contributed by atoms with Crippen LogP contribution >= 0.6 is 11.8 Å². The molecule has 0 fully saturated rings. The maximum absolute atomic E-state index is 13.1. The average Bonchev–Trinajstić information content (AvgIpc) is 2.69. The lowest BCUT2D eigenvalue weighted by molar-refractivity contribution is -0.148. The number of hydrogen-bond acceptors (Lipinski definition) is 5. The molecule has 0 aliphatic heterocycles. The van der Waals surface area contributed by atoms with Gasteiger partial charge in [0, 0.05) is 17.2 Å². The van der Waals surface area contributed by atoms with Gasteiger partial charge in [0.2, 0.25) is 0 Å². The summed E-state index contributed by atoms with van der Waals surface area (Å²) in [4.78, 5) is 23.9. The highest BCUT2D eigenvalue weighted by atomic mass is 32.2. The number of halogens is 2. The normalized spacial score (nSPS) is 10.4. The van der Waals surface area contributed by atoms with Gasteiger partial charge in [0.25, 0.3) is 5.91 Å². The summed E-state index contributed by atoms with van der Waals surface area (Å²) in [6, 6.07) is 11.1. The van der Waals surface area contributed by atoms with Crippen LogP contribution in [0.15, 0.2) is 47.4 Å². The first kappa shape index (κ1) is 21.7. The smallest absolute Gasteiger partial charge is 0.307 e. The summed E-state index contributed by atoms with van der Waals surface area (Å²) >= 11 is 1.20. The second kappa shape index (κ2) is 11.3. The van der Waals surface area contributed by atoms with Crippen LogP contribution in [0.4, 0.5) is 8.78 Å². The summed E-state index contributed by atoms with van der Waals surface area (Å²) in [6.45, 7) is 0.0754. The number of amides is 1. The molecule has 0 radical (unpaired) electrons. The first-order valence-corrected chi connectivity index (χ1v) is 9.59. The highest BCUT2D eigenvalue weighted by Crippen LogP contribution is 2.21. The van der Waals surface area contributed by atoms with Crippen molar-refractivity contribution in [3.63, 3.8) is 0 Å². The van der Waals surface area contributed by atoms with Gasteiger partial charge in [0.05, 0.1) is 13.5 Å². The molecule has 5 nitrogen and oxygen atoms in total. The fourth-order valence-electron chi connectivity index (χ4n) is 2.23. The van der Waals surface area contributed by atoms with Crippen LogP contribution in [0.1, 0.15) is 12.0 Å². The zero-order valence-corrected chi connectivity index (χ0v) is 16.2. The van der Waals surface area contributed by atoms with Crippen LogP contribution in [0, 0.1) is 11.6 Å². The van der Waals surface area contributed by atoms with Crippen LogP contribution in [-0.4, -0.2) is 37.9 Å². The van der Waals surface area contributed by atoms with E-state index in [4.69, 9.17) is 9.47 Å². The van der Waals surface area contributed by atoms with Crippen LogP contribution < -0.4 is 10.1 Å². The first-order valence-electron chi connectivity index (χ1n) is 8.61. The van der Waals surface area contributed by atoms with Crippen LogP contribution in [0.25, 0.3) is 0 Å². The Labute approximate surface area is 166 Å². The number of rotatable bonds is 10. The van der Waals surface area contributed by atoms with E-state index < -0.39 is 17.6 Å². The van der Waals surface area contributed by atoms with Gasteiger partial charge in [-0.1, -0.05) is 12.1 Å². The molecule has 0 aromatic heterocycles. The molecule has 2 rings (SSSR count). The first-order chi connectivity index (χ1) is 13.5. The minimum absolute atomic E-state index is 0.0583. The van der Waals surface area contributed by atoms with E-state index >= 15 is 0 Å². The van der Waals surface area contributed by atoms with Gasteiger partial charge in [0.15, 0.2) is 18.2 Å². The summed E-state index contributed by atoms with van der Waals surface area (Å²) in [5.41, 5.74) is 1.05. The number of carbonyl (C=O) groups is 2. The van der Waals surface area contributed by atoms with E-state index in [2.05, 4.69) is 5.32 Å². The van der Waals surface area contributed by atoms with Crippen molar-refractivity contribution in [2.24, 2.45) is 0 Å². The SMILES string of the molecule is COc1ccc(CCNC(=O)COC(=O)CCSc2ccc(F)c(F)c2)cc1. The van der Waals surface area contributed by atoms with Crippen molar-refractivity contribution in [1.29, 1.82) is 0 Å². The molecule has 1 amide bonds. The molecule has 0 atom stereocenters. The molecule has 0 unspecified atom stereocenters. The van der Waals surface area contributed by atoms with E-state index in [1.807, 2.05) is 24.3 Å². The standard InChI is InChI=1S/C20H21F2NO4S/c1-26-15-4-2-14(3-5-15)8-10-23-19(24)13-27-20(25)9-11-28-16-6-7-17(21)18(22)12-16/h2-7,12H,8-11,13H2,1H3,(H,23,24). The van der Waals surface area contributed by atoms with Crippen molar-refractivity contribution in [2.45, 2.75) is 17.7 Å². The Balaban J connectivity index is 1.58. The minimum atomic E-state index is -0.932. The van der Waals surface area contributed by atoms with Gasteiger partial charge >= 0.3 is 5.97 Å². The number of esters is 1. The largest absolute Gasteiger partial charge is 0.497 e. The molecule has 0 heterocycles. The quantitative estimate of drug-likeness (QED) is 0.482. The number of benzene rings is 2. The van der Waals surface area contributed by atoms with E-state index in [1.54, 1.807) is 7.11 Å². The molecule has 150 valence electrons. The second-order valence-corrected chi connectivity index (χ2v) is 6.95. The number of thioether (sulfide) groups is 1. The lowest BCUT2D eigenvalue weighted by Gasteiger charge is -2.07. The molecule has 0 saturated heterocycles. The van der Waals surface area contributed by atoms with Crippen molar-refractivity contribution in [3.8, 4) is 5.75 Å². The van der Waals surface area contributed by atoms with E-state index in [0.717, 1.165) is 23.4 Å². The Bertz CT molecular complexity index is 799. The molecular formula is C20H21F2NO4S. The molecule has 0 spiro atoms. The number of ether oxygens (including phenoxy) is 2. The summed E-state index contributed by atoms with van der Waals surface area (Å²) < 4.78 is 35.9. The summed E-state index contributed by atoms with van der Waals surface area (Å²) in [7, 11) is 1.60. The molecule has 0 aliphatic carbocycles. The molecular weight excluding hydrogens is 388 g/mol. The number of nitrogens with one attached hydrogen (secondary N) is 1. The Morgan fingerprint density at radius 1 is 1.07 bits per heavy atom. The molecule has 28 heavy (non-hydrogen) atoms. The van der Waals surface area contributed by atoms with Crippen molar-refractivity contribution >= 4 is 23.6 Å². The van der Waals surface area contributed by atoms with Gasteiger partial charge in [-0.05, 0) is 42.3 Å². The molecule has 2 aromatic rings. The van der Waals surface area contributed by atoms with Gasteiger partial charge in [0.1, 0.15) is 5.75 Å². The second-order valence-electron chi connectivity index (χ2n) is 5.78. The van der Waals surface area contributed by atoms with Crippen LogP contribution in [0.3, 0.4) is 0 Å². The lowest BCUT2D eigenvalue weighted by Crippen LogP contribution is -2.30. The van der Waals surface area contributed by atoms with Gasteiger partial charge < -0.3 is 14.8 Å². The predicted octanol–water partition coefficient (Wildman–Crippen LogP) is 3.36. The van der Waals surface area contributed by atoms with Gasteiger partial charge in [-0.25, -0.2) is 8.78 Å². The third-order valence-electron chi connectivity index (χ3n) is 3.73. The fourth-order valence-corrected chi connectivity index (χ4v) is 3.08. The Morgan fingerprint density at radius 3 is 2.50 bits per heavy atom. The van der Waals surface area contributed by atoms with Crippen LogP contribution in [-0.2, 0) is 20.7 Å². The number of methoxy groups -OCH3 is 1. The van der Waals surface area contributed by atoms with Gasteiger partial charge in [-0.3, -0.25) is 9.59 Å². The zero-order chi connectivity index (χ0) is 20.4. The van der Waals surface area contributed by atoms with E-state index in [1.165, 1.54) is 17.8 Å². The summed E-state index contributed by atoms with van der Waals surface area (Å²) in [5.74, 6) is -1.65. The molecule has 2 aromatic carbocycles. The highest BCUT2D eigenvalue weighted by molar-refractivity contribution is 7.99. The minimum Gasteiger partial charge on any atom is -0.497 e. The maximum Gasteiger partial charge on any atom is 0.307 e. The van der Waals surface area contributed by atoms with E-state index in [0.29, 0.717) is 23.6 Å². The molecule has 0 aliphatic rings. The van der Waals surface area contributed by atoms with Crippen LogP contribution in [0.5, 0.6) is 5.75 Å². The summed E-state index contributed by atoms with van der Waals surface area (Å²) in [6.07, 6.45) is 0.706. The van der Waals surface area contributed by atoms with Gasteiger partial charge in [-0.2, -0.15) is 0 Å². The Hall–Kier alpha value is -2.61. The highest BCUT2D eigenvalue weighted by Gasteiger charge is 2.09. The molecule has 0 bridgehead atoms. The number of hydrogen-bond donors (Lipinski definition) is 1. The zero-order valence-electron chi connectivity index (χ0n) is 15.4. The molecule has 1 N–H and O–H groups in total. The van der Waals surface area contributed by atoms with Crippen molar-refractivity contribution in [3.05, 3.63) is 59.7 Å². The lowest BCUT2D eigenvalue weighted by atomic mass is 10.1.